The van der Waals surface area contributed by atoms with Gasteiger partial charge in [-0.05, 0) is 38.5 Å². The lowest BCUT2D eigenvalue weighted by Gasteiger charge is -2.28. The van der Waals surface area contributed by atoms with Gasteiger partial charge in [-0.3, -0.25) is 14.2 Å². The molecular formula is C47H92NO8P. The van der Waals surface area contributed by atoms with Crippen LogP contribution in [0.1, 0.15) is 226 Å². The van der Waals surface area contributed by atoms with Crippen LogP contribution in [0.25, 0.3) is 0 Å². The molecule has 0 heterocycles. The average molecular weight is 830 g/mol. The Hall–Kier alpha value is -1.25. The largest absolute Gasteiger partial charge is 0.756 e. The number of rotatable bonds is 44. The second-order valence-corrected chi connectivity index (χ2v) is 18.9. The average Bonchev–Trinajstić information content (AvgIpc) is 3.16. The molecule has 0 amide bonds. The van der Waals surface area contributed by atoms with E-state index in [9.17, 15) is 19.0 Å². The molecule has 1 unspecified atom stereocenters. The standard InChI is InChI=1S/C47H92NO8P/c1-6-8-10-12-14-16-18-20-22-24-26-27-29-31-33-35-37-39-46(49)53-43-45(44-55-57(51,52)54-42-41-48(3,4)5)56-47(50)40-38-36-34-32-30-28-25-23-21-19-17-15-13-11-9-7-2/h20,22,45H,6-19,21,23-44H2,1-5H3/b22-20+/t45-/m1/s1. The van der Waals surface area contributed by atoms with Crippen LogP contribution in [0.3, 0.4) is 0 Å². The molecule has 0 spiro atoms. The number of allylic oxidation sites excluding steroid dienone is 2. The van der Waals surface area contributed by atoms with Crippen molar-refractivity contribution in [1.82, 2.24) is 0 Å². The molecule has 0 radical (unpaired) electrons. The molecule has 0 saturated carbocycles. The fourth-order valence-corrected chi connectivity index (χ4v) is 7.50. The number of ether oxygens (including phenoxy) is 2. The Balaban J connectivity index is 4.28. The Bertz CT molecular complexity index is 985. The SMILES string of the molecule is CCCCCCCC/C=C/CCCCCCCCCC(=O)OC[C@H](COP(=O)([O-])OCC[N+](C)(C)C)OC(=O)CCCCCCCCCCCCCCCCCC. The number of hydrogen-bond acceptors (Lipinski definition) is 8. The Morgan fingerprint density at radius 1 is 0.526 bits per heavy atom. The van der Waals surface area contributed by atoms with E-state index in [4.69, 9.17) is 18.5 Å². The van der Waals surface area contributed by atoms with Crippen molar-refractivity contribution in [2.24, 2.45) is 0 Å². The summed E-state index contributed by atoms with van der Waals surface area (Å²) < 4.78 is 34.0. The molecule has 0 N–H and O–H groups in total. The second kappa shape index (κ2) is 40.2. The number of phosphoric acid groups is 1. The Labute approximate surface area is 352 Å². The lowest BCUT2D eigenvalue weighted by atomic mass is 10.0. The Morgan fingerprint density at radius 3 is 1.30 bits per heavy atom. The summed E-state index contributed by atoms with van der Waals surface area (Å²) in [5, 5.41) is 0. The minimum absolute atomic E-state index is 0.0281. The van der Waals surface area contributed by atoms with Gasteiger partial charge in [-0.15, -0.1) is 0 Å². The van der Waals surface area contributed by atoms with Crippen molar-refractivity contribution in [3.8, 4) is 0 Å². The monoisotopic (exact) mass is 830 g/mol. The molecule has 0 aromatic rings. The van der Waals surface area contributed by atoms with Gasteiger partial charge in [0.05, 0.1) is 27.7 Å². The van der Waals surface area contributed by atoms with Gasteiger partial charge in [0.25, 0.3) is 7.82 Å². The lowest BCUT2D eigenvalue weighted by molar-refractivity contribution is -0.870. The topological polar surface area (TPSA) is 111 Å². The summed E-state index contributed by atoms with van der Waals surface area (Å²) in [5.74, 6) is -0.827. The quantitative estimate of drug-likeness (QED) is 0.0196. The van der Waals surface area contributed by atoms with Crippen LogP contribution in [0.2, 0.25) is 0 Å². The molecule has 0 aliphatic carbocycles. The molecule has 338 valence electrons. The van der Waals surface area contributed by atoms with Crippen molar-refractivity contribution < 1.29 is 42.1 Å². The van der Waals surface area contributed by atoms with E-state index in [1.807, 2.05) is 21.1 Å². The van der Waals surface area contributed by atoms with Crippen molar-refractivity contribution in [3.63, 3.8) is 0 Å². The molecule has 0 aromatic carbocycles. The van der Waals surface area contributed by atoms with Crippen molar-refractivity contribution in [2.75, 3.05) is 47.5 Å². The molecule has 0 saturated heterocycles. The first-order valence-electron chi connectivity index (χ1n) is 23.9. The number of nitrogens with zero attached hydrogens (tertiary/aromatic N) is 1. The lowest BCUT2D eigenvalue weighted by Crippen LogP contribution is -2.37. The molecule has 10 heteroatoms. The van der Waals surface area contributed by atoms with Crippen LogP contribution >= 0.6 is 7.82 Å². The van der Waals surface area contributed by atoms with Crippen LogP contribution in [-0.4, -0.2) is 70.0 Å². The first-order valence-corrected chi connectivity index (χ1v) is 25.4. The molecular weight excluding hydrogens is 737 g/mol. The molecule has 0 rings (SSSR count). The number of quaternary nitrogens is 1. The van der Waals surface area contributed by atoms with E-state index < -0.39 is 26.5 Å². The fourth-order valence-electron chi connectivity index (χ4n) is 6.77. The molecule has 0 aliphatic heterocycles. The molecule has 0 aromatic heterocycles. The van der Waals surface area contributed by atoms with Gasteiger partial charge >= 0.3 is 11.9 Å². The highest BCUT2D eigenvalue weighted by atomic mass is 31.2. The third-order valence-corrected chi connectivity index (χ3v) is 11.5. The number of esters is 2. The van der Waals surface area contributed by atoms with Crippen LogP contribution < -0.4 is 4.89 Å². The van der Waals surface area contributed by atoms with E-state index in [-0.39, 0.29) is 32.0 Å². The number of hydrogen-bond donors (Lipinski definition) is 0. The highest BCUT2D eigenvalue weighted by Crippen LogP contribution is 2.38. The fraction of sp³-hybridized carbons (Fsp3) is 0.915. The van der Waals surface area contributed by atoms with Crippen molar-refractivity contribution in [1.29, 1.82) is 0 Å². The second-order valence-electron chi connectivity index (χ2n) is 17.5. The predicted octanol–water partition coefficient (Wildman–Crippen LogP) is 13.1. The number of phosphoric ester groups is 1. The maximum absolute atomic E-state index is 12.7. The summed E-state index contributed by atoms with van der Waals surface area (Å²) >= 11 is 0. The molecule has 0 bridgehead atoms. The van der Waals surface area contributed by atoms with E-state index in [1.165, 1.54) is 154 Å². The van der Waals surface area contributed by atoms with Gasteiger partial charge in [-0.1, -0.05) is 187 Å². The smallest absolute Gasteiger partial charge is 0.306 e. The predicted molar refractivity (Wildman–Crippen MR) is 236 cm³/mol. The first-order chi connectivity index (χ1) is 27.5. The Kier molecular flexibility index (Phi) is 39.3. The zero-order valence-electron chi connectivity index (χ0n) is 38.1. The van der Waals surface area contributed by atoms with E-state index in [0.717, 1.165) is 38.5 Å². The van der Waals surface area contributed by atoms with E-state index in [2.05, 4.69) is 26.0 Å². The summed E-state index contributed by atoms with van der Waals surface area (Å²) in [6.45, 7) is 4.25. The third-order valence-electron chi connectivity index (χ3n) is 10.5. The van der Waals surface area contributed by atoms with Gasteiger partial charge < -0.3 is 27.9 Å². The number of carbonyl (C=O) groups excluding carboxylic acids is 2. The third kappa shape index (κ3) is 44.1. The molecule has 0 fully saturated rings. The highest BCUT2D eigenvalue weighted by molar-refractivity contribution is 7.45. The summed E-state index contributed by atoms with van der Waals surface area (Å²) in [4.78, 5) is 37.6. The highest BCUT2D eigenvalue weighted by Gasteiger charge is 2.21. The van der Waals surface area contributed by atoms with Gasteiger partial charge in [0, 0.05) is 12.8 Å². The maximum Gasteiger partial charge on any atom is 0.306 e. The normalized spacial score (nSPS) is 13.6. The van der Waals surface area contributed by atoms with Crippen molar-refractivity contribution >= 4 is 19.8 Å². The van der Waals surface area contributed by atoms with Crippen LogP contribution in [0.4, 0.5) is 0 Å². The van der Waals surface area contributed by atoms with E-state index in [0.29, 0.717) is 17.4 Å². The van der Waals surface area contributed by atoms with Gasteiger partial charge in [-0.25, -0.2) is 0 Å². The van der Waals surface area contributed by atoms with E-state index >= 15 is 0 Å². The van der Waals surface area contributed by atoms with Gasteiger partial charge in [0.15, 0.2) is 6.10 Å². The van der Waals surface area contributed by atoms with Crippen LogP contribution in [-0.2, 0) is 32.7 Å². The number of likely N-dealkylation sites (N-methyl/N-ethyl adjacent to an activating group) is 1. The first kappa shape index (κ1) is 55.8. The molecule has 57 heavy (non-hydrogen) atoms. The zero-order chi connectivity index (χ0) is 42.1. The van der Waals surface area contributed by atoms with Crippen LogP contribution in [0, 0.1) is 0 Å². The van der Waals surface area contributed by atoms with Crippen molar-refractivity contribution in [2.45, 2.75) is 232 Å². The minimum Gasteiger partial charge on any atom is -0.756 e. The molecule has 2 atom stereocenters. The van der Waals surface area contributed by atoms with E-state index in [1.54, 1.807) is 0 Å². The number of carbonyl (C=O) groups is 2. The van der Waals surface area contributed by atoms with Gasteiger partial charge in [0.1, 0.15) is 19.8 Å². The summed E-state index contributed by atoms with van der Waals surface area (Å²) in [6.07, 6.45) is 42.3. The number of unbranched alkanes of at least 4 members (excludes halogenated alkanes) is 28. The van der Waals surface area contributed by atoms with Crippen molar-refractivity contribution in [3.05, 3.63) is 12.2 Å². The van der Waals surface area contributed by atoms with Gasteiger partial charge in [-0.2, -0.15) is 0 Å². The zero-order valence-corrected chi connectivity index (χ0v) is 38.9. The summed E-state index contributed by atoms with van der Waals surface area (Å²) in [6, 6.07) is 0. The minimum atomic E-state index is -4.62. The van der Waals surface area contributed by atoms with Gasteiger partial charge in [0.2, 0.25) is 0 Å². The Morgan fingerprint density at radius 2 is 0.895 bits per heavy atom. The summed E-state index contributed by atoms with van der Waals surface area (Å²) in [7, 11) is 1.18. The summed E-state index contributed by atoms with van der Waals surface area (Å²) in [5.41, 5.74) is 0. The van der Waals surface area contributed by atoms with Crippen LogP contribution in [0.15, 0.2) is 12.2 Å². The van der Waals surface area contributed by atoms with Crippen LogP contribution in [0.5, 0.6) is 0 Å². The molecule has 0 aliphatic rings. The maximum atomic E-state index is 12.7. The molecule has 9 nitrogen and oxygen atoms in total.